The summed E-state index contributed by atoms with van der Waals surface area (Å²) >= 11 is 3.36. The van der Waals surface area contributed by atoms with Crippen LogP contribution in [0.25, 0.3) is 0 Å². The van der Waals surface area contributed by atoms with E-state index in [1.165, 1.54) is 0 Å². The normalized spacial score (nSPS) is 10.3. The molecule has 0 saturated heterocycles. The minimum Gasteiger partial charge on any atom is -0.496 e. The molecule has 0 aliphatic carbocycles. The minimum atomic E-state index is 0.389. The van der Waals surface area contributed by atoms with Crippen LogP contribution in [0, 0.1) is 13.8 Å². The number of pyridine rings is 2. The number of hydrogen-bond acceptors (Lipinski definition) is 4. The summed E-state index contributed by atoms with van der Waals surface area (Å²) in [4.78, 5) is 8.44. The van der Waals surface area contributed by atoms with E-state index in [1.54, 1.807) is 25.7 Å². The summed E-state index contributed by atoms with van der Waals surface area (Å²) in [5.74, 6) is 1.57. The number of halogens is 1. The van der Waals surface area contributed by atoms with E-state index in [9.17, 15) is 0 Å². The highest BCUT2D eigenvalue weighted by Gasteiger charge is 2.10. The fourth-order valence-electron chi connectivity index (χ4n) is 1.84. The lowest BCUT2D eigenvalue weighted by molar-refractivity contribution is 0.297. The Balaban J connectivity index is 2.16. The van der Waals surface area contributed by atoms with Crippen molar-refractivity contribution in [3.63, 3.8) is 0 Å². The molecule has 100 valence electrons. The Morgan fingerprint density at radius 2 is 2.00 bits per heavy atom. The Hall–Kier alpha value is -1.62. The SMILES string of the molecule is COc1c(C)cnc(COc2cncc(Br)c2)c1C. The van der Waals surface area contributed by atoms with E-state index in [2.05, 4.69) is 25.9 Å². The first kappa shape index (κ1) is 13.8. The molecule has 0 radical (unpaired) electrons. The molecular formula is C14H15BrN2O2. The molecule has 2 heterocycles. The van der Waals surface area contributed by atoms with Crippen molar-refractivity contribution in [2.24, 2.45) is 0 Å². The standard InChI is InChI=1S/C14H15BrN2O2/c1-9-5-17-13(10(2)14(9)18-3)8-19-12-4-11(15)6-16-7-12/h4-7H,8H2,1-3H3. The average molecular weight is 323 g/mol. The minimum absolute atomic E-state index is 0.389. The van der Waals surface area contributed by atoms with E-state index >= 15 is 0 Å². The highest BCUT2D eigenvalue weighted by atomic mass is 79.9. The van der Waals surface area contributed by atoms with Crippen molar-refractivity contribution >= 4 is 15.9 Å². The number of aryl methyl sites for hydroxylation is 1. The van der Waals surface area contributed by atoms with Crippen LogP contribution in [-0.4, -0.2) is 17.1 Å². The van der Waals surface area contributed by atoms with Gasteiger partial charge in [0.05, 0.1) is 19.0 Å². The van der Waals surface area contributed by atoms with Gasteiger partial charge >= 0.3 is 0 Å². The molecule has 4 nitrogen and oxygen atoms in total. The lowest BCUT2D eigenvalue weighted by Gasteiger charge is -2.12. The Kier molecular flexibility index (Phi) is 4.37. The maximum atomic E-state index is 5.68. The van der Waals surface area contributed by atoms with Crippen molar-refractivity contribution in [2.45, 2.75) is 20.5 Å². The molecule has 0 aliphatic heterocycles. The summed E-state index contributed by atoms with van der Waals surface area (Å²) < 4.78 is 11.9. The van der Waals surface area contributed by atoms with Crippen LogP contribution in [-0.2, 0) is 6.61 Å². The summed E-state index contributed by atoms with van der Waals surface area (Å²) in [7, 11) is 1.66. The van der Waals surface area contributed by atoms with E-state index in [1.807, 2.05) is 19.9 Å². The van der Waals surface area contributed by atoms with Gasteiger partial charge in [0.15, 0.2) is 0 Å². The molecule has 0 atom stereocenters. The van der Waals surface area contributed by atoms with Gasteiger partial charge in [-0.1, -0.05) is 0 Å². The first-order chi connectivity index (χ1) is 9.11. The van der Waals surface area contributed by atoms with Gasteiger partial charge in [-0.15, -0.1) is 0 Å². The molecule has 2 aromatic rings. The second-order valence-electron chi connectivity index (χ2n) is 4.17. The molecular weight excluding hydrogens is 308 g/mol. The zero-order valence-electron chi connectivity index (χ0n) is 11.1. The fourth-order valence-corrected chi connectivity index (χ4v) is 2.18. The van der Waals surface area contributed by atoms with Crippen molar-refractivity contribution in [2.75, 3.05) is 7.11 Å². The van der Waals surface area contributed by atoms with Gasteiger partial charge in [0.1, 0.15) is 18.1 Å². The number of hydrogen-bond donors (Lipinski definition) is 0. The van der Waals surface area contributed by atoms with Crippen molar-refractivity contribution in [1.29, 1.82) is 0 Å². The van der Waals surface area contributed by atoms with Crippen LogP contribution in [0.1, 0.15) is 16.8 Å². The van der Waals surface area contributed by atoms with Gasteiger partial charge in [0.25, 0.3) is 0 Å². The Bertz CT molecular complexity index is 588. The average Bonchev–Trinajstić information content (AvgIpc) is 2.38. The number of ether oxygens (including phenoxy) is 2. The van der Waals surface area contributed by atoms with Crippen molar-refractivity contribution in [3.8, 4) is 11.5 Å². The highest BCUT2D eigenvalue weighted by molar-refractivity contribution is 9.10. The molecule has 2 aromatic heterocycles. The molecule has 19 heavy (non-hydrogen) atoms. The van der Waals surface area contributed by atoms with Gasteiger partial charge < -0.3 is 9.47 Å². The van der Waals surface area contributed by atoms with E-state index in [-0.39, 0.29) is 0 Å². The van der Waals surface area contributed by atoms with Crippen LogP contribution in [0.5, 0.6) is 11.5 Å². The van der Waals surface area contributed by atoms with Crippen LogP contribution in [0.2, 0.25) is 0 Å². The van der Waals surface area contributed by atoms with E-state index in [0.29, 0.717) is 12.4 Å². The number of rotatable bonds is 4. The van der Waals surface area contributed by atoms with Crippen LogP contribution in [0.3, 0.4) is 0 Å². The second kappa shape index (κ2) is 6.02. The topological polar surface area (TPSA) is 44.2 Å². The van der Waals surface area contributed by atoms with Gasteiger partial charge in [0.2, 0.25) is 0 Å². The molecule has 2 rings (SSSR count). The lowest BCUT2D eigenvalue weighted by Crippen LogP contribution is -2.04. The van der Waals surface area contributed by atoms with Crippen LogP contribution >= 0.6 is 15.9 Å². The molecule has 0 spiro atoms. The third-order valence-corrected chi connectivity index (χ3v) is 3.24. The van der Waals surface area contributed by atoms with Crippen molar-refractivity contribution < 1.29 is 9.47 Å². The van der Waals surface area contributed by atoms with Crippen LogP contribution in [0.4, 0.5) is 0 Å². The molecule has 0 saturated carbocycles. The maximum Gasteiger partial charge on any atom is 0.139 e. The smallest absolute Gasteiger partial charge is 0.139 e. The van der Waals surface area contributed by atoms with E-state index in [0.717, 1.165) is 27.0 Å². The monoisotopic (exact) mass is 322 g/mol. The van der Waals surface area contributed by atoms with E-state index in [4.69, 9.17) is 9.47 Å². The van der Waals surface area contributed by atoms with Crippen molar-refractivity contribution in [3.05, 3.63) is 46.0 Å². The van der Waals surface area contributed by atoms with Gasteiger partial charge in [-0.2, -0.15) is 0 Å². The molecule has 0 unspecified atom stereocenters. The largest absolute Gasteiger partial charge is 0.496 e. The zero-order chi connectivity index (χ0) is 13.8. The molecule has 0 aromatic carbocycles. The number of methoxy groups -OCH3 is 1. The maximum absolute atomic E-state index is 5.68. The third-order valence-electron chi connectivity index (χ3n) is 2.81. The Morgan fingerprint density at radius 1 is 1.21 bits per heavy atom. The predicted molar refractivity (Wildman–Crippen MR) is 76.5 cm³/mol. The summed E-state index contributed by atoms with van der Waals surface area (Å²) in [6, 6.07) is 1.87. The van der Waals surface area contributed by atoms with Gasteiger partial charge in [0, 0.05) is 28.0 Å². The Labute approximate surface area is 120 Å². The van der Waals surface area contributed by atoms with Gasteiger partial charge in [-0.3, -0.25) is 9.97 Å². The number of nitrogens with zero attached hydrogens (tertiary/aromatic N) is 2. The first-order valence-electron chi connectivity index (χ1n) is 5.84. The predicted octanol–water partition coefficient (Wildman–Crippen LogP) is 3.44. The van der Waals surface area contributed by atoms with Gasteiger partial charge in [-0.05, 0) is 35.8 Å². The lowest BCUT2D eigenvalue weighted by atomic mass is 10.1. The van der Waals surface area contributed by atoms with Crippen molar-refractivity contribution in [1.82, 2.24) is 9.97 Å². The summed E-state index contributed by atoms with van der Waals surface area (Å²) in [5.41, 5.74) is 2.89. The van der Waals surface area contributed by atoms with Crippen LogP contribution < -0.4 is 9.47 Å². The van der Waals surface area contributed by atoms with Crippen LogP contribution in [0.15, 0.2) is 29.1 Å². The molecule has 0 bridgehead atoms. The van der Waals surface area contributed by atoms with Gasteiger partial charge in [-0.25, -0.2) is 0 Å². The molecule has 0 fully saturated rings. The highest BCUT2D eigenvalue weighted by Crippen LogP contribution is 2.25. The summed E-state index contributed by atoms with van der Waals surface area (Å²) in [6.07, 6.45) is 5.18. The number of aromatic nitrogens is 2. The second-order valence-corrected chi connectivity index (χ2v) is 5.09. The molecule has 0 aliphatic rings. The third kappa shape index (κ3) is 3.23. The molecule has 0 amide bonds. The quantitative estimate of drug-likeness (QED) is 0.864. The first-order valence-corrected chi connectivity index (χ1v) is 6.63. The molecule has 5 heteroatoms. The summed E-state index contributed by atoms with van der Waals surface area (Å²) in [5, 5.41) is 0. The fraction of sp³-hybridized carbons (Fsp3) is 0.286. The Morgan fingerprint density at radius 3 is 2.68 bits per heavy atom. The summed E-state index contributed by atoms with van der Waals surface area (Å²) in [6.45, 7) is 4.35. The van der Waals surface area contributed by atoms with E-state index < -0.39 is 0 Å². The zero-order valence-corrected chi connectivity index (χ0v) is 12.7. The molecule has 0 N–H and O–H groups in total.